The van der Waals surface area contributed by atoms with Crippen LogP contribution in [-0.4, -0.2) is 10.9 Å². The van der Waals surface area contributed by atoms with E-state index in [1.807, 2.05) is 24.3 Å². The van der Waals surface area contributed by atoms with Crippen LogP contribution in [0.25, 0.3) is 0 Å². The summed E-state index contributed by atoms with van der Waals surface area (Å²) < 4.78 is 19.5. The van der Waals surface area contributed by atoms with E-state index in [-0.39, 0.29) is 24.2 Å². The molecule has 1 aliphatic heterocycles. The van der Waals surface area contributed by atoms with Crippen molar-refractivity contribution in [3.63, 3.8) is 0 Å². The number of fused-ring (bicyclic) bond motifs is 1. The zero-order valence-electron chi connectivity index (χ0n) is 13.7. The lowest BCUT2D eigenvalue weighted by Crippen LogP contribution is -2.22. The molecule has 3 N–H and O–H groups in total. The van der Waals surface area contributed by atoms with E-state index in [1.165, 1.54) is 17.4 Å². The summed E-state index contributed by atoms with van der Waals surface area (Å²) in [7, 11) is 0. The minimum atomic E-state index is -0.294. The molecule has 2 heterocycles. The molecule has 0 bridgehead atoms. The summed E-state index contributed by atoms with van der Waals surface area (Å²) in [6.45, 7) is 0.139. The van der Waals surface area contributed by atoms with Gasteiger partial charge in [-0.15, -0.1) is 0 Å². The standard InChI is InChI=1S/C19H16FN3O2S/c20-15-7-2-1-4-12(15)10-25-13-6-3-5-11(8-13)14-9-16(24)22-18-17(14)26-19(21)23-18/h1-8,14H,9-10H2,(H2,21,23)(H,22,24)/t14-/m1/s1. The summed E-state index contributed by atoms with van der Waals surface area (Å²) in [6.07, 6.45) is 0.325. The number of nitrogens with zero attached hydrogens (tertiary/aromatic N) is 1. The van der Waals surface area contributed by atoms with E-state index in [0.717, 1.165) is 10.4 Å². The fourth-order valence-corrected chi connectivity index (χ4v) is 3.92. The summed E-state index contributed by atoms with van der Waals surface area (Å²) in [6, 6.07) is 14.0. The number of aromatic nitrogens is 1. The van der Waals surface area contributed by atoms with Crippen molar-refractivity contribution in [2.75, 3.05) is 11.1 Å². The molecule has 1 amide bonds. The lowest BCUT2D eigenvalue weighted by molar-refractivity contribution is -0.116. The maximum absolute atomic E-state index is 13.7. The summed E-state index contributed by atoms with van der Waals surface area (Å²) in [4.78, 5) is 17.1. The van der Waals surface area contributed by atoms with Gasteiger partial charge in [0.25, 0.3) is 0 Å². The van der Waals surface area contributed by atoms with E-state index >= 15 is 0 Å². The second kappa shape index (κ2) is 6.76. The van der Waals surface area contributed by atoms with Gasteiger partial charge in [-0.1, -0.05) is 41.7 Å². The number of benzene rings is 2. The number of nitrogens with two attached hydrogens (primary N) is 1. The highest BCUT2D eigenvalue weighted by Gasteiger charge is 2.30. The van der Waals surface area contributed by atoms with Crippen LogP contribution in [0.2, 0.25) is 0 Å². The maximum atomic E-state index is 13.7. The SMILES string of the molecule is Nc1nc2c(s1)[C@@H](c1cccc(OCc3ccccc3F)c1)CC(=O)N2. The van der Waals surface area contributed by atoms with Gasteiger partial charge in [0.15, 0.2) is 5.13 Å². The number of hydrogen-bond donors (Lipinski definition) is 2. The van der Waals surface area contributed by atoms with E-state index in [2.05, 4.69) is 10.3 Å². The average Bonchev–Trinajstić information content (AvgIpc) is 3.00. The second-order valence-electron chi connectivity index (χ2n) is 6.02. The van der Waals surface area contributed by atoms with Gasteiger partial charge in [0.2, 0.25) is 5.91 Å². The van der Waals surface area contributed by atoms with E-state index in [4.69, 9.17) is 10.5 Å². The first kappa shape index (κ1) is 16.5. The van der Waals surface area contributed by atoms with Crippen LogP contribution in [-0.2, 0) is 11.4 Å². The third-order valence-corrected chi connectivity index (χ3v) is 5.24. The molecule has 3 aromatic rings. The monoisotopic (exact) mass is 369 g/mol. The molecule has 7 heteroatoms. The Morgan fingerprint density at radius 1 is 1.27 bits per heavy atom. The van der Waals surface area contributed by atoms with Crippen LogP contribution in [0.15, 0.2) is 48.5 Å². The van der Waals surface area contributed by atoms with Crippen LogP contribution in [0.1, 0.15) is 28.3 Å². The first-order chi connectivity index (χ1) is 12.6. The predicted molar refractivity (Wildman–Crippen MR) is 98.8 cm³/mol. The van der Waals surface area contributed by atoms with Crippen molar-refractivity contribution in [1.82, 2.24) is 4.98 Å². The van der Waals surface area contributed by atoms with Crippen molar-refractivity contribution >= 4 is 28.2 Å². The van der Waals surface area contributed by atoms with E-state index in [0.29, 0.717) is 28.7 Å². The number of hydrogen-bond acceptors (Lipinski definition) is 5. The van der Waals surface area contributed by atoms with Crippen molar-refractivity contribution in [1.29, 1.82) is 0 Å². The first-order valence-electron chi connectivity index (χ1n) is 8.12. The summed E-state index contributed by atoms with van der Waals surface area (Å²) in [5.74, 6) is 0.649. The summed E-state index contributed by atoms with van der Waals surface area (Å²) >= 11 is 1.37. The molecule has 0 fully saturated rings. The molecule has 1 aromatic heterocycles. The Morgan fingerprint density at radius 2 is 2.12 bits per heavy atom. The van der Waals surface area contributed by atoms with Gasteiger partial charge in [-0.05, 0) is 23.8 Å². The quantitative estimate of drug-likeness (QED) is 0.731. The number of halogens is 1. The summed E-state index contributed by atoms with van der Waals surface area (Å²) in [5, 5.41) is 3.18. The van der Waals surface area contributed by atoms with Gasteiger partial charge in [-0.2, -0.15) is 0 Å². The lowest BCUT2D eigenvalue weighted by atomic mass is 9.91. The molecule has 1 aliphatic rings. The molecular weight excluding hydrogens is 353 g/mol. The lowest BCUT2D eigenvalue weighted by Gasteiger charge is -2.22. The Balaban J connectivity index is 1.58. The Labute approximate surface area is 153 Å². The molecule has 4 rings (SSSR count). The molecule has 2 aromatic carbocycles. The Morgan fingerprint density at radius 3 is 2.96 bits per heavy atom. The molecule has 0 aliphatic carbocycles. The zero-order valence-corrected chi connectivity index (χ0v) is 14.6. The fraction of sp³-hybridized carbons (Fsp3) is 0.158. The third kappa shape index (κ3) is 3.25. The van der Waals surface area contributed by atoms with Crippen LogP contribution >= 0.6 is 11.3 Å². The fourth-order valence-electron chi connectivity index (χ4n) is 3.00. The number of rotatable bonds is 4. The largest absolute Gasteiger partial charge is 0.489 e. The number of amides is 1. The Hall–Kier alpha value is -2.93. The smallest absolute Gasteiger partial charge is 0.226 e. The second-order valence-corrected chi connectivity index (χ2v) is 7.08. The molecule has 0 unspecified atom stereocenters. The molecule has 0 spiro atoms. The number of carbonyl (C=O) groups is 1. The number of thiazole rings is 1. The highest BCUT2D eigenvalue weighted by molar-refractivity contribution is 7.16. The topological polar surface area (TPSA) is 77.2 Å². The molecule has 1 atom stereocenters. The molecule has 5 nitrogen and oxygen atoms in total. The number of anilines is 2. The molecule has 0 saturated heterocycles. The zero-order chi connectivity index (χ0) is 18.1. The molecule has 0 radical (unpaired) electrons. The molecule has 0 saturated carbocycles. The number of carbonyl (C=O) groups excluding carboxylic acids is 1. The normalized spacial score (nSPS) is 16.0. The van der Waals surface area contributed by atoms with Crippen LogP contribution in [0.4, 0.5) is 15.3 Å². The minimum absolute atomic E-state index is 0.0921. The van der Waals surface area contributed by atoms with Crippen LogP contribution in [0, 0.1) is 5.82 Å². The van der Waals surface area contributed by atoms with E-state index < -0.39 is 0 Å². The van der Waals surface area contributed by atoms with Gasteiger partial charge in [0.1, 0.15) is 24.0 Å². The van der Waals surface area contributed by atoms with E-state index in [9.17, 15) is 9.18 Å². The maximum Gasteiger partial charge on any atom is 0.226 e. The number of nitrogen functional groups attached to an aromatic ring is 1. The first-order valence-corrected chi connectivity index (χ1v) is 8.94. The van der Waals surface area contributed by atoms with Gasteiger partial charge >= 0.3 is 0 Å². The van der Waals surface area contributed by atoms with Crippen molar-refractivity contribution in [2.24, 2.45) is 0 Å². The van der Waals surface area contributed by atoms with Crippen molar-refractivity contribution in [2.45, 2.75) is 18.9 Å². The van der Waals surface area contributed by atoms with Crippen LogP contribution in [0.3, 0.4) is 0 Å². The van der Waals surface area contributed by atoms with Crippen molar-refractivity contribution in [3.05, 3.63) is 70.4 Å². The molecular formula is C19H16FN3O2S. The molecule has 132 valence electrons. The number of nitrogens with one attached hydrogen (secondary N) is 1. The average molecular weight is 369 g/mol. The van der Waals surface area contributed by atoms with Crippen molar-refractivity contribution in [3.8, 4) is 5.75 Å². The van der Waals surface area contributed by atoms with Gasteiger partial charge in [-0.3, -0.25) is 4.79 Å². The molecule has 26 heavy (non-hydrogen) atoms. The van der Waals surface area contributed by atoms with Gasteiger partial charge in [0.05, 0.1) is 4.88 Å². The predicted octanol–water partition coefficient (Wildman–Crippen LogP) is 3.92. The van der Waals surface area contributed by atoms with Crippen molar-refractivity contribution < 1.29 is 13.9 Å². The highest BCUT2D eigenvalue weighted by atomic mass is 32.1. The van der Waals surface area contributed by atoms with E-state index in [1.54, 1.807) is 18.2 Å². The van der Waals surface area contributed by atoms with Crippen LogP contribution < -0.4 is 15.8 Å². The highest BCUT2D eigenvalue weighted by Crippen LogP contribution is 2.42. The van der Waals surface area contributed by atoms with Crippen LogP contribution in [0.5, 0.6) is 5.75 Å². The summed E-state index contributed by atoms with van der Waals surface area (Å²) in [5.41, 5.74) is 7.23. The Kier molecular flexibility index (Phi) is 4.30. The van der Waals surface area contributed by atoms with Gasteiger partial charge in [0, 0.05) is 17.9 Å². The minimum Gasteiger partial charge on any atom is -0.489 e. The van der Waals surface area contributed by atoms with Gasteiger partial charge in [-0.25, -0.2) is 9.37 Å². The Bertz CT molecular complexity index is 973. The number of ether oxygens (including phenoxy) is 1. The van der Waals surface area contributed by atoms with Gasteiger partial charge < -0.3 is 15.8 Å². The third-order valence-electron chi connectivity index (χ3n) is 4.25.